The first-order chi connectivity index (χ1) is 10.8. The van der Waals surface area contributed by atoms with E-state index in [1.165, 1.54) is 0 Å². The number of carbonyl (C=O) groups is 1. The molecule has 1 unspecified atom stereocenters. The number of carbonyl (C=O) groups excluding carboxylic acids is 1. The number of nitrogens with zero attached hydrogens (tertiary/aromatic N) is 1. The molecule has 2 aromatic rings. The van der Waals surface area contributed by atoms with Crippen LogP contribution in [0.15, 0.2) is 30.3 Å². The lowest BCUT2D eigenvalue weighted by molar-refractivity contribution is 0.0504. The molecular formula is C17H23N3O3. The molecule has 0 bridgehead atoms. The second-order valence-electron chi connectivity index (χ2n) is 6.21. The van der Waals surface area contributed by atoms with Gasteiger partial charge in [-0.3, -0.25) is 0 Å². The van der Waals surface area contributed by atoms with Crippen molar-refractivity contribution in [2.24, 2.45) is 5.73 Å². The summed E-state index contributed by atoms with van der Waals surface area (Å²) < 4.78 is 10.6. The van der Waals surface area contributed by atoms with Crippen LogP contribution in [0.25, 0.3) is 10.9 Å². The lowest BCUT2D eigenvalue weighted by Crippen LogP contribution is -2.38. The molecule has 1 aromatic carbocycles. The van der Waals surface area contributed by atoms with Gasteiger partial charge in [-0.1, -0.05) is 18.2 Å². The summed E-state index contributed by atoms with van der Waals surface area (Å²) in [4.78, 5) is 16.5. The van der Waals surface area contributed by atoms with Crippen molar-refractivity contribution in [1.29, 1.82) is 0 Å². The average molecular weight is 317 g/mol. The topological polar surface area (TPSA) is 86.5 Å². The number of methoxy groups -OCH3 is 1. The zero-order valence-corrected chi connectivity index (χ0v) is 13.9. The van der Waals surface area contributed by atoms with Crippen molar-refractivity contribution in [2.75, 3.05) is 13.7 Å². The Hall–Kier alpha value is -2.34. The fourth-order valence-corrected chi connectivity index (χ4v) is 2.24. The molecule has 0 aliphatic heterocycles. The van der Waals surface area contributed by atoms with Gasteiger partial charge in [0, 0.05) is 17.5 Å². The van der Waals surface area contributed by atoms with E-state index in [1.54, 1.807) is 7.11 Å². The van der Waals surface area contributed by atoms with Crippen molar-refractivity contribution in [2.45, 2.75) is 32.4 Å². The Morgan fingerprint density at radius 3 is 2.65 bits per heavy atom. The summed E-state index contributed by atoms with van der Waals surface area (Å²) in [5.74, 6) is 0.440. The number of rotatable bonds is 4. The van der Waals surface area contributed by atoms with Gasteiger partial charge in [-0.05, 0) is 32.9 Å². The lowest BCUT2D eigenvalue weighted by Gasteiger charge is -2.24. The highest BCUT2D eigenvalue weighted by Gasteiger charge is 2.22. The second-order valence-corrected chi connectivity index (χ2v) is 6.21. The van der Waals surface area contributed by atoms with E-state index in [4.69, 9.17) is 15.2 Å². The lowest BCUT2D eigenvalue weighted by atomic mass is 10.1. The number of hydrogen-bond acceptors (Lipinski definition) is 5. The predicted octanol–water partition coefficient (Wildman–Crippen LogP) is 2.77. The van der Waals surface area contributed by atoms with Gasteiger partial charge in [-0.25, -0.2) is 9.78 Å². The van der Waals surface area contributed by atoms with Crippen molar-refractivity contribution in [3.05, 3.63) is 35.9 Å². The number of alkyl carbamates (subject to hydrolysis) is 1. The van der Waals surface area contributed by atoms with Gasteiger partial charge in [0.15, 0.2) is 0 Å². The molecule has 6 nitrogen and oxygen atoms in total. The van der Waals surface area contributed by atoms with E-state index < -0.39 is 17.7 Å². The maximum absolute atomic E-state index is 12.0. The molecule has 1 heterocycles. The molecule has 1 aromatic heterocycles. The normalized spacial score (nSPS) is 12.7. The van der Waals surface area contributed by atoms with Crippen LogP contribution in [-0.2, 0) is 4.74 Å². The summed E-state index contributed by atoms with van der Waals surface area (Å²) in [6, 6.07) is 9.17. The summed E-state index contributed by atoms with van der Waals surface area (Å²) in [6.07, 6.45) is -0.525. The highest BCUT2D eigenvalue weighted by atomic mass is 16.6. The minimum absolute atomic E-state index is 0.204. The van der Waals surface area contributed by atoms with Crippen LogP contribution in [0.4, 0.5) is 4.79 Å². The van der Waals surface area contributed by atoms with Crippen molar-refractivity contribution in [3.63, 3.8) is 0 Å². The number of benzene rings is 1. The van der Waals surface area contributed by atoms with E-state index in [0.717, 1.165) is 16.5 Å². The fraction of sp³-hybridized carbons (Fsp3) is 0.412. The van der Waals surface area contributed by atoms with E-state index in [1.807, 2.05) is 51.1 Å². The molecule has 1 amide bonds. The summed E-state index contributed by atoms with van der Waals surface area (Å²) in [5, 5.41) is 3.72. The molecule has 0 radical (unpaired) electrons. The summed E-state index contributed by atoms with van der Waals surface area (Å²) in [5.41, 5.74) is 6.80. The Kier molecular flexibility index (Phi) is 5.05. The Bertz CT molecular complexity index is 695. The third kappa shape index (κ3) is 4.32. The highest BCUT2D eigenvalue weighted by molar-refractivity contribution is 5.80. The van der Waals surface area contributed by atoms with Crippen LogP contribution in [0.1, 0.15) is 32.4 Å². The minimum atomic E-state index is -0.574. The summed E-state index contributed by atoms with van der Waals surface area (Å²) >= 11 is 0. The molecule has 3 N–H and O–H groups in total. The molecular weight excluding hydrogens is 294 g/mol. The van der Waals surface area contributed by atoms with Gasteiger partial charge in [0.2, 0.25) is 5.88 Å². The number of para-hydroxylation sites is 1. The molecule has 2 rings (SSSR count). The van der Waals surface area contributed by atoms with Crippen molar-refractivity contribution in [1.82, 2.24) is 10.3 Å². The van der Waals surface area contributed by atoms with Crippen LogP contribution in [0, 0.1) is 0 Å². The van der Waals surface area contributed by atoms with E-state index in [0.29, 0.717) is 5.88 Å². The number of fused-ring (bicyclic) bond motifs is 1. The van der Waals surface area contributed by atoms with Crippen LogP contribution >= 0.6 is 0 Å². The Balaban J connectivity index is 2.33. The molecule has 1 atom stereocenters. The van der Waals surface area contributed by atoms with Crippen LogP contribution in [0.2, 0.25) is 0 Å². The quantitative estimate of drug-likeness (QED) is 0.905. The average Bonchev–Trinajstić information content (AvgIpc) is 2.49. The second kappa shape index (κ2) is 6.83. The van der Waals surface area contributed by atoms with Gasteiger partial charge in [0.25, 0.3) is 0 Å². The zero-order chi connectivity index (χ0) is 17.0. The number of nitrogens with one attached hydrogen (secondary N) is 1. The molecule has 0 saturated heterocycles. The van der Waals surface area contributed by atoms with Crippen molar-refractivity contribution in [3.8, 4) is 5.88 Å². The van der Waals surface area contributed by atoms with Crippen LogP contribution in [0.5, 0.6) is 5.88 Å². The first-order valence-corrected chi connectivity index (χ1v) is 7.47. The molecule has 0 aliphatic carbocycles. The molecule has 0 spiro atoms. The first kappa shape index (κ1) is 17.0. The predicted molar refractivity (Wildman–Crippen MR) is 89.5 cm³/mol. The van der Waals surface area contributed by atoms with Gasteiger partial charge in [-0.15, -0.1) is 0 Å². The Morgan fingerprint density at radius 2 is 2.04 bits per heavy atom. The van der Waals surface area contributed by atoms with Crippen LogP contribution < -0.4 is 15.8 Å². The van der Waals surface area contributed by atoms with Gasteiger partial charge in [0.05, 0.1) is 18.7 Å². The zero-order valence-electron chi connectivity index (χ0n) is 13.9. The fourth-order valence-electron chi connectivity index (χ4n) is 2.24. The molecule has 23 heavy (non-hydrogen) atoms. The van der Waals surface area contributed by atoms with E-state index in [2.05, 4.69) is 10.3 Å². The summed E-state index contributed by atoms with van der Waals surface area (Å²) in [7, 11) is 1.54. The smallest absolute Gasteiger partial charge is 0.408 e. The third-order valence-electron chi connectivity index (χ3n) is 3.21. The first-order valence-electron chi connectivity index (χ1n) is 7.47. The van der Waals surface area contributed by atoms with Crippen LogP contribution in [-0.4, -0.2) is 30.3 Å². The van der Waals surface area contributed by atoms with Gasteiger partial charge < -0.3 is 20.5 Å². The molecule has 0 aliphatic rings. The largest absolute Gasteiger partial charge is 0.481 e. The number of amides is 1. The molecule has 0 saturated carbocycles. The molecule has 6 heteroatoms. The number of nitrogens with two attached hydrogens (primary N) is 1. The van der Waals surface area contributed by atoms with E-state index >= 15 is 0 Å². The van der Waals surface area contributed by atoms with Crippen LogP contribution in [0.3, 0.4) is 0 Å². The number of ether oxygens (including phenoxy) is 2. The molecule has 124 valence electrons. The maximum Gasteiger partial charge on any atom is 0.408 e. The number of hydrogen-bond donors (Lipinski definition) is 2. The van der Waals surface area contributed by atoms with Gasteiger partial charge in [0.1, 0.15) is 5.60 Å². The van der Waals surface area contributed by atoms with E-state index in [9.17, 15) is 4.79 Å². The van der Waals surface area contributed by atoms with Gasteiger partial charge >= 0.3 is 6.09 Å². The minimum Gasteiger partial charge on any atom is -0.481 e. The van der Waals surface area contributed by atoms with Gasteiger partial charge in [-0.2, -0.15) is 0 Å². The monoisotopic (exact) mass is 317 g/mol. The summed E-state index contributed by atoms with van der Waals surface area (Å²) in [6.45, 7) is 5.63. The Labute approximate surface area is 136 Å². The van der Waals surface area contributed by atoms with Crippen molar-refractivity contribution < 1.29 is 14.3 Å². The maximum atomic E-state index is 12.0. The third-order valence-corrected chi connectivity index (χ3v) is 3.21. The van der Waals surface area contributed by atoms with Crippen molar-refractivity contribution >= 4 is 17.0 Å². The SMILES string of the molecule is COc1nc2ccccc2cc1C(CN)NC(=O)OC(C)(C)C. The Morgan fingerprint density at radius 1 is 1.35 bits per heavy atom. The standard InChI is InChI=1S/C17H23N3O3/c1-17(2,3)23-16(21)20-14(10-18)12-9-11-7-5-6-8-13(11)19-15(12)22-4/h5-9,14H,10,18H2,1-4H3,(H,20,21). The highest BCUT2D eigenvalue weighted by Crippen LogP contribution is 2.27. The number of pyridine rings is 1. The molecule has 0 fully saturated rings. The number of aromatic nitrogens is 1. The van der Waals surface area contributed by atoms with E-state index in [-0.39, 0.29) is 6.54 Å².